The average Bonchev–Trinajstić information content (AvgIpc) is 2.48. The van der Waals surface area contributed by atoms with E-state index in [0.717, 1.165) is 38.3 Å². The monoisotopic (exact) mass is 384 g/mol. The van der Waals surface area contributed by atoms with Gasteiger partial charge >= 0.3 is 0 Å². The minimum absolute atomic E-state index is 0. The van der Waals surface area contributed by atoms with Gasteiger partial charge in [-0.05, 0) is 18.2 Å². The first kappa shape index (κ1) is 24.7. The van der Waals surface area contributed by atoms with Gasteiger partial charge in [-0.15, -0.1) is 37.2 Å². The molecule has 1 aromatic carbocycles. The molecule has 2 rings (SSSR count). The van der Waals surface area contributed by atoms with Gasteiger partial charge in [-0.3, -0.25) is 9.69 Å². The number of carbonyl (C=O) groups is 1. The summed E-state index contributed by atoms with van der Waals surface area (Å²) >= 11 is 0. The van der Waals surface area contributed by atoms with E-state index in [1.54, 1.807) is 0 Å². The molecule has 0 spiro atoms. The molecule has 0 bridgehead atoms. The smallest absolute Gasteiger partial charge is 0.234 e. The molecule has 1 fully saturated rings. The molecule has 1 saturated heterocycles. The summed E-state index contributed by atoms with van der Waals surface area (Å²) in [6.45, 7) is 6.14. The van der Waals surface area contributed by atoms with Gasteiger partial charge < -0.3 is 16.0 Å². The summed E-state index contributed by atoms with van der Waals surface area (Å²) in [5.74, 6) is -0.119. The highest BCUT2D eigenvalue weighted by molar-refractivity contribution is 5.86. The maximum Gasteiger partial charge on any atom is 0.234 e. The Balaban J connectivity index is 0. The molecule has 0 saturated carbocycles. The first-order valence-electron chi connectivity index (χ1n) is 7.13. The van der Waals surface area contributed by atoms with Crippen LogP contribution in [0.2, 0.25) is 0 Å². The summed E-state index contributed by atoms with van der Waals surface area (Å²) in [7, 11) is 2.17. The van der Waals surface area contributed by atoms with E-state index in [4.69, 9.17) is 5.73 Å². The van der Waals surface area contributed by atoms with Gasteiger partial charge in [0.15, 0.2) is 0 Å². The number of halogens is 3. The molecular weight excluding hydrogens is 359 g/mol. The fourth-order valence-corrected chi connectivity index (χ4v) is 2.30. The number of nitrogens with one attached hydrogen (secondary N) is 1. The highest BCUT2D eigenvalue weighted by Crippen LogP contribution is 2.09. The maximum absolute atomic E-state index is 11.1. The fraction of sp³-hybridized carbons (Fsp3) is 0.533. The number of benzene rings is 1. The predicted octanol–water partition coefficient (Wildman–Crippen LogP) is 1.27. The van der Waals surface area contributed by atoms with Gasteiger partial charge in [-0.25, -0.2) is 0 Å². The van der Waals surface area contributed by atoms with Crippen molar-refractivity contribution < 1.29 is 4.79 Å². The van der Waals surface area contributed by atoms with Crippen LogP contribution in [0.15, 0.2) is 24.3 Å². The standard InChI is InChI=1S/C15H24N4O.3ClH/c1-18-6-8-19(9-7-18)12-14-4-2-13(3-5-14)11-17-15(20)10-16;;;/h2-5H,6-12,16H2,1H3,(H,17,20);3*1H. The minimum atomic E-state index is -0.119. The van der Waals surface area contributed by atoms with Crippen LogP contribution in [-0.4, -0.2) is 55.5 Å². The predicted molar refractivity (Wildman–Crippen MR) is 102 cm³/mol. The highest BCUT2D eigenvalue weighted by Gasteiger charge is 2.13. The van der Waals surface area contributed by atoms with Crippen LogP contribution in [0.25, 0.3) is 0 Å². The molecule has 0 unspecified atom stereocenters. The molecule has 0 atom stereocenters. The fourth-order valence-electron chi connectivity index (χ4n) is 2.30. The molecule has 0 aliphatic carbocycles. The maximum atomic E-state index is 11.1. The number of amides is 1. The zero-order chi connectivity index (χ0) is 14.4. The highest BCUT2D eigenvalue weighted by atomic mass is 35.5. The zero-order valence-corrected chi connectivity index (χ0v) is 15.8. The number of likely N-dealkylation sites (N-methyl/N-ethyl adjacent to an activating group) is 1. The molecule has 8 heteroatoms. The van der Waals surface area contributed by atoms with E-state index < -0.39 is 0 Å². The number of nitrogens with two attached hydrogens (primary N) is 1. The number of hydrogen-bond donors (Lipinski definition) is 2. The molecule has 1 aliphatic rings. The normalized spacial score (nSPS) is 14.9. The molecule has 1 aliphatic heterocycles. The third-order valence-corrected chi connectivity index (χ3v) is 3.70. The van der Waals surface area contributed by atoms with Crippen molar-refractivity contribution in [2.24, 2.45) is 5.73 Å². The summed E-state index contributed by atoms with van der Waals surface area (Å²) < 4.78 is 0. The van der Waals surface area contributed by atoms with E-state index in [1.807, 2.05) is 0 Å². The van der Waals surface area contributed by atoms with Crippen molar-refractivity contribution in [3.05, 3.63) is 35.4 Å². The van der Waals surface area contributed by atoms with E-state index in [2.05, 4.69) is 46.4 Å². The van der Waals surface area contributed by atoms with Gasteiger partial charge in [0.05, 0.1) is 6.54 Å². The second-order valence-corrected chi connectivity index (χ2v) is 5.38. The Morgan fingerprint density at radius 3 is 2.09 bits per heavy atom. The van der Waals surface area contributed by atoms with Crippen LogP contribution in [-0.2, 0) is 17.9 Å². The zero-order valence-electron chi connectivity index (χ0n) is 13.4. The van der Waals surface area contributed by atoms with Gasteiger partial charge in [-0.1, -0.05) is 24.3 Å². The van der Waals surface area contributed by atoms with Crippen molar-refractivity contribution in [3.8, 4) is 0 Å². The largest absolute Gasteiger partial charge is 0.351 e. The third kappa shape index (κ3) is 8.74. The van der Waals surface area contributed by atoms with Gasteiger partial charge in [0.25, 0.3) is 0 Å². The number of piperazine rings is 1. The summed E-state index contributed by atoms with van der Waals surface area (Å²) in [5, 5.41) is 2.77. The minimum Gasteiger partial charge on any atom is -0.351 e. The summed E-state index contributed by atoms with van der Waals surface area (Å²) in [6, 6.07) is 8.43. The number of rotatable bonds is 5. The van der Waals surface area contributed by atoms with Gasteiger partial charge in [0.2, 0.25) is 5.91 Å². The van der Waals surface area contributed by atoms with Crippen LogP contribution in [0.5, 0.6) is 0 Å². The summed E-state index contributed by atoms with van der Waals surface area (Å²) in [6.07, 6.45) is 0. The molecule has 5 nitrogen and oxygen atoms in total. The SMILES string of the molecule is CN1CCN(Cc2ccc(CNC(=O)CN)cc2)CC1.Cl.Cl.Cl. The Morgan fingerprint density at radius 1 is 1.04 bits per heavy atom. The van der Waals surface area contributed by atoms with Crippen LogP contribution >= 0.6 is 37.2 Å². The molecule has 1 heterocycles. The topological polar surface area (TPSA) is 61.6 Å². The lowest BCUT2D eigenvalue weighted by Crippen LogP contribution is -2.43. The summed E-state index contributed by atoms with van der Waals surface area (Å²) in [5.41, 5.74) is 7.68. The Kier molecular flexibility index (Phi) is 13.8. The molecule has 3 N–H and O–H groups in total. The lowest BCUT2D eigenvalue weighted by atomic mass is 10.1. The van der Waals surface area contributed by atoms with Crippen LogP contribution in [0.3, 0.4) is 0 Å². The Bertz CT molecular complexity index is 437. The lowest BCUT2D eigenvalue weighted by Gasteiger charge is -2.32. The first-order chi connectivity index (χ1) is 9.67. The van der Waals surface area contributed by atoms with Gasteiger partial charge in [-0.2, -0.15) is 0 Å². The summed E-state index contributed by atoms with van der Waals surface area (Å²) in [4.78, 5) is 15.9. The van der Waals surface area contributed by atoms with Crippen molar-refractivity contribution >= 4 is 43.1 Å². The molecule has 0 radical (unpaired) electrons. The lowest BCUT2D eigenvalue weighted by molar-refractivity contribution is -0.119. The molecule has 23 heavy (non-hydrogen) atoms. The number of nitrogens with zero attached hydrogens (tertiary/aromatic N) is 2. The molecule has 134 valence electrons. The second kappa shape index (κ2) is 12.8. The Morgan fingerprint density at radius 2 is 1.57 bits per heavy atom. The molecular formula is C15H27Cl3N4O. The van der Waals surface area contributed by atoms with Crippen molar-refractivity contribution in [2.75, 3.05) is 39.8 Å². The van der Waals surface area contributed by atoms with Crippen molar-refractivity contribution in [1.82, 2.24) is 15.1 Å². The van der Waals surface area contributed by atoms with Crippen molar-refractivity contribution in [2.45, 2.75) is 13.1 Å². The van der Waals surface area contributed by atoms with E-state index in [1.165, 1.54) is 5.56 Å². The van der Waals surface area contributed by atoms with E-state index in [-0.39, 0.29) is 49.7 Å². The van der Waals surface area contributed by atoms with Crippen LogP contribution in [0.4, 0.5) is 0 Å². The third-order valence-electron chi connectivity index (χ3n) is 3.70. The van der Waals surface area contributed by atoms with Crippen molar-refractivity contribution in [1.29, 1.82) is 0 Å². The Hall–Kier alpha value is -0.560. The Labute approximate surface area is 157 Å². The quantitative estimate of drug-likeness (QED) is 0.801. The van der Waals surface area contributed by atoms with Crippen LogP contribution in [0, 0.1) is 0 Å². The average molecular weight is 386 g/mol. The van der Waals surface area contributed by atoms with E-state index in [0.29, 0.717) is 6.54 Å². The van der Waals surface area contributed by atoms with E-state index >= 15 is 0 Å². The second-order valence-electron chi connectivity index (χ2n) is 5.38. The first-order valence-corrected chi connectivity index (χ1v) is 7.13. The van der Waals surface area contributed by atoms with Gasteiger partial charge in [0.1, 0.15) is 0 Å². The number of carbonyl (C=O) groups excluding carboxylic acids is 1. The molecule has 1 amide bonds. The van der Waals surface area contributed by atoms with Crippen LogP contribution < -0.4 is 11.1 Å². The van der Waals surface area contributed by atoms with E-state index in [9.17, 15) is 4.79 Å². The molecule has 0 aromatic heterocycles. The van der Waals surface area contributed by atoms with Crippen LogP contribution in [0.1, 0.15) is 11.1 Å². The van der Waals surface area contributed by atoms with Crippen molar-refractivity contribution in [3.63, 3.8) is 0 Å². The van der Waals surface area contributed by atoms with Gasteiger partial charge in [0, 0.05) is 39.3 Å². The molecule has 1 aromatic rings. The number of hydrogen-bond acceptors (Lipinski definition) is 4.